The largest absolute Gasteiger partial charge is 0.396 e. The van der Waals surface area contributed by atoms with Gasteiger partial charge in [0.1, 0.15) is 0 Å². The van der Waals surface area contributed by atoms with Crippen LogP contribution in [0.25, 0.3) is 0 Å². The molecule has 4 heteroatoms. The first-order valence-corrected chi connectivity index (χ1v) is 4.40. The van der Waals surface area contributed by atoms with E-state index in [0.717, 1.165) is 32.4 Å². The Hall–Kier alpha value is -0.610. The van der Waals surface area contributed by atoms with Crippen LogP contribution in [0.1, 0.15) is 19.3 Å². The quantitative estimate of drug-likeness (QED) is 0.590. The highest BCUT2D eigenvalue weighted by atomic mass is 16.3. The highest BCUT2D eigenvalue weighted by Gasteiger charge is 2.27. The van der Waals surface area contributed by atoms with Crippen molar-refractivity contribution in [3.05, 3.63) is 0 Å². The van der Waals surface area contributed by atoms with E-state index in [1.54, 1.807) is 0 Å². The van der Waals surface area contributed by atoms with Gasteiger partial charge in [0, 0.05) is 13.2 Å². The molecule has 1 aliphatic heterocycles. The number of carbonyl (C=O) groups is 1. The molecule has 4 nitrogen and oxygen atoms in total. The summed E-state index contributed by atoms with van der Waals surface area (Å²) in [6.45, 7) is 1.90. The molecule has 1 amide bonds. The third-order valence-corrected chi connectivity index (χ3v) is 2.30. The number of amides is 1. The minimum atomic E-state index is -0.231. The average Bonchev–Trinajstić information content (AvgIpc) is 2.48. The maximum Gasteiger partial charge on any atom is 0.234 e. The smallest absolute Gasteiger partial charge is 0.234 e. The number of hydrogen-bond donors (Lipinski definition) is 2. The van der Waals surface area contributed by atoms with Gasteiger partial charge in [0.15, 0.2) is 0 Å². The van der Waals surface area contributed by atoms with E-state index in [1.807, 2.05) is 0 Å². The molecule has 1 aliphatic rings. The molecular weight excluding hydrogens is 156 g/mol. The van der Waals surface area contributed by atoms with Crippen LogP contribution in [-0.2, 0) is 4.79 Å². The van der Waals surface area contributed by atoms with Crippen LogP contribution in [0.3, 0.4) is 0 Å². The van der Waals surface area contributed by atoms with Gasteiger partial charge in [0.2, 0.25) is 5.91 Å². The van der Waals surface area contributed by atoms with Crippen molar-refractivity contribution in [3.8, 4) is 0 Å². The van der Waals surface area contributed by atoms with Crippen molar-refractivity contribution in [1.29, 1.82) is 0 Å². The summed E-state index contributed by atoms with van der Waals surface area (Å²) in [6, 6.07) is -0.0865. The highest BCUT2D eigenvalue weighted by molar-refractivity contribution is 5.80. The molecule has 1 saturated heterocycles. The van der Waals surface area contributed by atoms with E-state index >= 15 is 0 Å². The van der Waals surface area contributed by atoms with Crippen molar-refractivity contribution >= 4 is 5.91 Å². The van der Waals surface area contributed by atoms with Crippen LogP contribution in [-0.4, -0.2) is 41.7 Å². The van der Waals surface area contributed by atoms with Gasteiger partial charge in [-0.1, -0.05) is 0 Å². The molecule has 70 valence electrons. The van der Waals surface area contributed by atoms with E-state index in [-0.39, 0.29) is 18.6 Å². The Labute approximate surface area is 72.3 Å². The first-order valence-electron chi connectivity index (χ1n) is 4.40. The van der Waals surface area contributed by atoms with E-state index in [0.29, 0.717) is 0 Å². The van der Waals surface area contributed by atoms with Crippen LogP contribution in [0, 0.1) is 0 Å². The van der Waals surface area contributed by atoms with E-state index in [2.05, 4.69) is 4.90 Å². The minimum Gasteiger partial charge on any atom is -0.396 e. The van der Waals surface area contributed by atoms with E-state index in [1.165, 1.54) is 0 Å². The molecule has 0 unspecified atom stereocenters. The standard InChI is InChI=1S/C8H16N2O2/c9-8(12)7-3-1-4-10(7)5-2-6-11/h7,11H,1-6H2,(H2,9,12)/t7-/m1/s1. The van der Waals surface area contributed by atoms with Gasteiger partial charge in [-0.15, -0.1) is 0 Å². The zero-order chi connectivity index (χ0) is 8.97. The van der Waals surface area contributed by atoms with Gasteiger partial charge in [-0.05, 0) is 25.8 Å². The topological polar surface area (TPSA) is 66.6 Å². The number of carbonyl (C=O) groups excluding carboxylic acids is 1. The van der Waals surface area contributed by atoms with Gasteiger partial charge in [0.05, 0.1) is 6.04 Å². The van der Waals surface area contributed by atoms with Crippen LogP contribution < -0.4 is 5.73 Å². The van der Waals surface area contributed by atoms with Crippen LogP contribution in [0.2, 0.25) is 0 Å². The van der Waals surface area contributed by atoms with Crippen LogP contribution in [0.4, 0.5) is 0 Å². The number of aliphatic hydroxyl groups excluding tert-OH is 1. The Morgan fingerprint density at radius 3 is 3.00 bits per heavy atom. The molecule has 0 radical (unpaired) electrons. The average molecular weight is 172 g/mol. The van der Waals surface area contributed by atoms with Crippen molar-refractivity contribution in [2.75, 3.05) is 19.7 Å². The lowest BCUT2D eigenvalue weighted by molar-refractivity contribution is -0.122. The highest BCUT2D eigenvalue weighted by Crippen LogP contribution is 2.16. The summed E-state index contributed by atoms with van der Waals surface area (Å²) in [5, 5.41) is 8.61. The lowest BCUT2D eigenvalue weighted by Crippen LogP contribution is -2.40. The number of nitrogens with two attached hydrogens (primary N) is 1. The van der Waals surface area contributed by atoms with Crippen LogP contribution >= 0.6 is 0 Å². The molecule has 1 rings (SSSR count). The molecular formula is C8H16N2O2. The Morgan fingerprint density at radius 1 is 1.67 bits per heavy atom. The minimum absolute atomic E-state index is 0.0865. The Balaban J connectivity index is 2.35. The molecule has 0 aromatic heterocycles. The molecule has 0 aliphatic carbocycles. The second-order valence-electron chi connectivity index (χ2n) is 3.17. The zero-order valence-corrected chi connectivity index (χ0v) is 7.20. The fourth-order valence-corrected chi connectivity index (χ4v) is 1.69. The number of aliphatic hydroxyl groups is 1. The first-order chi connectivity index (χ1) is 5.75. The predicted octanol–water partition coefficient (Wildman–Crippen LogP) is -0.681. The molecule has 0 saturated carbocycles. The van der Waals surface area contributed by atoms with Gasteiger partial charge in [-0.3, -0.25) is 9.69 Å². The van der Waals surface area contributed by atoms with Crippen molar-refractivity contribution in [2.45, 2.75) is 25.3 Å². The predicted molar refractivity (Wildman–Crippen MR) is 45.5 cm³/mol. The van der Waals surface area contributed by atoms with Crippen LogP contribution in [0.15, 0.2) is 0 Å². The first kappa shape index (κ1) is 9.48. The number of likely N-dealkylation sites (tertiary alicyclic amines) is 1. The number of nitrogens with zero attached hydrogens (tertiary/aromatic N) is 1. The van der Waals surface area contributed by atoms with Crippen molar-refractivity contribution < 1.29 is 9.90 Å². The molecule has 1 heterocycles. The zero-order valence-electron chi connectivity index (χ0n) is 7.20. The molecule has 1 fully saturated rings. The lowest BCUT2D eigenvalue weighted by atomic mass is 10.2. The maximum atomic E-state index is 10.9. The third-order valence-electron chi connectivity index (χ3n) is 2.30. The summed E-state index contributed by atoms with van der Waals surface area (Å²) in [5.41, 5.74) is 5.22. The molecule has 12 heavy (non-hydrogen) atoms. The summed E-state index contributed by atoms with van der Waals surface area (Å²) in [5.74, 6) is -0.231. The summed E-state index contributed by atoms with van der Waals surface area (Å²) in [7, 11) is 0. The van der Waals surface area contributed by atoms with E-state index < -0.39 is 0 Å². The summed E-state index contributed by atoms with van der Waals surface area (Å²) in [6.07, 6.45) is 2.64. The summed E-state index contributed by atoms with van der Waals surface area (Å²) >= 11 is 0. The fourth-order valence-electron chi connectivity index (χ4n) is 1.69. The number of primary amides is 1. The summed E-state index contributed by atoms with van der Waals surface area (Å²) < 4.78 is 0. The maximum absolute atomic E-state index is 10.9. The molecule has 3 N–H and O–H groups in total. The molecule has 1 atom stereocenters. The SMILES string of the molecule is NC(=O)[C@H]1CCCN1CCCO. The van der Waals surface area contributed by atoms with Crippen molar-refractivity contribution in [2.24, 2.45) is 5.73 Å². The Kier molecular flexibility index (Phi) is 3.49. The van der Waals surface area contributed by atoms with Gasteiger partial charge >= 0.3 is 0 Å². The Morgan fingerprint density at radius 2 is 2.42 bits per heavy atom. The molecule has 0 bridgehead atoms. The number of hydrogen-bond acceptors (Lipinski definition) is 3. The second-order valence-corrected chi connectivity index (χ2v) is 3.17. The molecule has 0 spiro atoms. The van der Waals surface area contributed by atoms with Gasteiger partial charge in [-0.25, -0.2) is 0 Å². The van der Waals surface area contributed by atoms with E-state index in [4.69, 9.17) is 10.8 Å². The van der Waals surface area contributed by atoms with Gasteiger partial charge in [0.25, 0.3) is 0 Å². The number of rotatable bonds is 4. The Bertz CT molecular complexity index is 161. The summed E-state index contributed by atoms with van der Waals surface area (Å²) in [4.78, 5) is 12.9. The fraction of sp³-hybridized carbons (Fsp3) is 0.875. The van der Waals surface area contributed by atoms with Gasteiger partial charge in [-0.2, -0.15) is 0 Å². The molecule has 0 aromatic rings. The lowest BCUT2D eigenvalue weighted by Gasteiger charge is -2.20. The second kappa shape index (κ2) is 4.42. The normalized spacial score (nSPS) is 24.6. The van der Waals surface area contributed by atoms with E-state index in [9.17, 15) is 4.79 Å². The van der Waals surface area contributed by atoms with Crippen molar-refractivity contribution in [1.82, 2.24) is 4.90 Å². The van der Waals surface area contributed by atoms with Crippen LogP contribution in [0.5, 0.6) is 0 Å². The molecule has 0 aromatic carbocycles. The van der Waals surface area contributed by atoms with Crippen molar-refractivity contribution in [3.63, 3.8) is 0 Å². The monoisotopic (exact) mass is 172 g/mol. The van der Waals surface area contributed by atoms with Gasteiger partial charge < -0.3 is 10.8 Å². The third kappa shape index (κ3) is 2.19.